The molecule has 0 saturated carbocycles. The van der Waals surface area contributed by atoms with E-state index in [9.17, 15) is 14.0 Å². The van der Waals surface area contributed by atoms with E-state index < -0.39 is 17.2 Å². The Kier molecular flexibility index (Phi) is 4.81. The molecule has 0 unspecified atom stereocenters. The smallest absolute Gasteiger partial charge is 0.343 e. The number of aromatic nitrogens is 2. The molecule has 3 aromatic rings. The van der Waals surface area contributed by atoms with Gasteiger partial charge in [0.25, 0.3) is 0 Å². The minimum absolute atomic E-state index is 0.0246. The van der Waals surface area contributed by atoms with E-state index in [0.717, 1.165) is 11.6 Å². The molecule has 0 amide bonds. The summed E-state index contributed by atoms with van der Waals surface area (Å²) in [6.07, 6.45) is 1.37. The SMILES string of the molecule is CCOC(=O)c1cn(Cc2ccccc2)c2nc(Cl)c(F)cc2c1=O. The second-order valence-corrected chi connectivity index (χ2v) is 5.70. The van der Waals surface area contributed by atoms with Gasteiger partial charge in [0.2, 0.25) is 5.43 Å². The summed E-state index contributed by atoms with van der Waals surface area (Å²) in [6, 6.07) is 10.4. The molecule has 0 bridgehead atoms. The lowest BCUT2D eigenvalue weighted by Gasteiger charge is -2.13. The number of nitrogens with zero attached hydrogens (tertiary/aromatic N) is 2. The van der Waals surface area contributed by atoms with Crippen LogP contribution in [0.4, 0.5) is 4.39 Å². The number of benzene rings is 1. The van der Waals surface area contributed by atoms with Crippen LogP contribution in [0.5, 0.6) is 0 Å². The van der Waals surface area contributed by atoms with Crippen LogP contribution in [0.1, 0.15) is 22.8 Å². The second-order valence-electron chi connectivity index (χ2n) is 5.34. The first-order chi connectivity index (χ1) is 12.0. The number of rotatable bonds is 4. The molecule has 128 valence electrons. The molecule has 5 nitrogen and oxygen atoms in total. The van der Waals surface area contributed by atoms with Crippen molar-refractivity contribution in [3.63, 3.8) is 0 Å². The van der Waals surface area contributed by atoms with Gasteiger partial charge in [0.05, 0.1) is 12.0 Å². The van der Waals surface area contributed by atoms with Gasteiger partial charge in [0.15, 0.2) is 11.0 Å². The van der Waals surface area contributed by atoms with Crippen LogP contribution in [0.25, 0.3) is 11.0 Å². The lowest BCUT2D eigenvalue weighted by Crippen LogP contribution is -2.22. The predicted octanol–water partition coefficient (Wildman–Crippen LogP) is 3.41. The molecule has 3 rings (SSSR count). The van der Waals surface area contributed by atoms with Crippen LogP contribution in [0.3, 0.4) is 0 Å². The Morgan fingerprint density at radius 2 is 2.04 bits per heavy atom. The zero-order valence-corrected chi connectivity index (χ0v) is 14.1. The number of pyridine rings is 2. The zero-order chi connectivity index (χ0) is 18.0. The number of ether oxygens (including phenoxy) is 1. The lowest BCUT2D eigenvalue weighted by atomic mass is 10.1. The summed E-state index contributed by atoms with van der Waals surface area (Å²) in [7, 11) is 0. The molecule has 0 aliphatic rings. The third kappa shape index (κ3) is 3.39. The van der Waals surface area contributed by atoms with Crippen molar-refractivity contribution in [3.05, 3.63) is 74.9 Å². The van der Waals surface area contributed by atoms with E-state index in [1.807, 2.05) is 30.3 Å². The number of carbonyl (C=O) groups excluding carboxylic acids is 1. The Morgan fingerprint density at radius 3 is 2.72 bits per heavy atom. The predicted molar refractivity (Wildman–Crippen MR) is 92.5 cm³/mol. The molecule has 0 saturated heterocycles. The van der Waals surface area contributed by atoms with Crippen molar-refractivity contribution in [2.45, 2.75) is 13.5 Å². The summed E-state index contributed by atoms with van der Waals surface area (Å²) in [5, 5.41) is -0.360. The molecule has 7 heteroatoms. The van der Waals surface area contributed by atoms with E-state index in [-0.39, 0.29) is 28.4 Å². The normalized spacial score (nSPS) is 10.8. The molecule has 0 radical (unpaired) electrons. The topological polar surface area (TPSA) is 61.2 Å². The van der Waals surface area contributed by atoms with Gasteiger partial charge in [-0.15, -0.1) is 0 Å². The van der Waals surface area contributed by atoms with Crippen molar-refractivity contribution in [1.82, 2.24) is 9.55 Å². The Morgan fingerprint density at radius 1 is 1.32 bits per heavy atom. The van der Waals surface area contributed by atoms with Crippen molar-refractivity contribution in [2.75, 3.05) is 6.61 Å². The number of carbonyl (C=O) groups is 1. The van der Waals surface area contributed by atoms with E-state index >= 15 is 0 Å². The molecule has 25 heavy (non-hydrogen) atoms. The number of esters is 1. The summed E-state index contributed by atoms with van der Waals surface area (Å²) >= 11 is 5.77. The van der Waals surface area contributed by atoms with Crippen LogP contribution >= 0.6 is 11.6 Å². The van der Waals surface area contributed by atoms with E-state index in [2.05, 4.69) is 4.98 Å². The van der Waals surface area contributed by atoms with Gasteiger partial charge in [-0.3, -0.25) is 4.79 Å². The monoisotopic (exact) mass is 360 g/mol. The van der Waals surface area contributed by atoms with Crippen molar-refractivity contribution < 1.29 is 13.9 Å². The molecule has 0 N–H and O–H groups in total. The average Bonchev–Trinajstić information content (AvgIpc) is 2.60. The van der Waals surface area contributed by atoms with E-state index in [0.29, 0.717) is 6.54 Å². The number of hydrogen-bond donors (Lipinski definition) is 0. The van der Waals surface area contributed by atoms with Crippen LogP contribution in [0.2, 0.25) is 5.15 Å². The number of fused-ring (bicyclic) bond motifs is 1. The van der Waals surface area contributed by atoms with Gasteiger partial charge in [-0.25, -0.2) is 14.2 Å². The van der Waals surface area contributed by atoms with Gasteiger partial charge < -0.3 is 9.30 Å². The van der Waals surface area contributed by atoms with Gasteiger partial charge in [-0.2, -0.15) is 0 Å². The average molecular weight is 361 g/mol. The Labute approximate surface area is 147 Å². The highest BCUT2D eigenvalue weighted by Gasteiger charge is 2.19. The number of hydrogen-bond acceptors (Lipinski definition) is 4. The molecule has 0 atom stereocenters. The van der Waals surface area contributed by atoms with Crippen molar-refractivity contribution >= 4 is 28.6 Å². The summed E-state index contributed by atoms with van der Waals surface area (Å²) in [5.41, 5.74) is 0.312. The highest BCUT2D eigenvalue weighted by Crippen LogP contribution is 2.19. The van der Waals surface area contributed by atoms with Crippen molar-refractivity contribution in [3.8, 4) is 0 Å². The fraction of sp³-hybridized carbons (Fsp3) is 0.167. The first-order valence-electron chi connectivity index (χ1n) is 7.61. The summed E-state index contributed by atoms with van der Waals surface area (Å²) in [4.78, 5) is 28.6. The highest BCUT2D eigenvalue weighted by molar-refractivity contribution is 6.29. The van der Waals surface area contributed by atoms with Gasteiger partial charge in [-0.1, -0.05) is 41.9 Å². The van der Waals surface area contributed by atoms with Gasteiger partial charge in [0, 0.05) is 12.7 Å². The van der Waals surface area contributed by atoms with Crippen molar-refractivity contribution in [1.29, 1.82) is 0 Å². The molecule has 0 spiro atoms. The van der Waals surface area contributed by atoms with Crippen LogP contribution < -0.4 is 5.43 Å². The van der Waals surface area contributed by atoms with Gasteiger partial charge in [-0.05, 0) is 18.6 Å². The summed E-state index contributed by atoms with van der Waals surface area (Å²) in [5.74, 6) is -1.58. The van der Waals surface area contributed by atoms with Crippen LogP contribution in [0.15, 0.2) is 47.4 Å². The lowest BCUT2D eigenvalue weighted by molar-refractivity contribution is 0.0524. The maximum absolute atomic E-state index is 13.8. The first kappa shape index (κ1) is 17.1. The molecule has 0 fully saturated rings. The van der Waals surface area contributed by atoms with E-state index in [1.165, 1.54) is 6.20 Å². The molecule has 2 heterocycles. The van der Waals surface area contributed by atoms with Crippen LogP contribution in [-0.2, 0) is 11.3 Å². The van der Waals surface area contributed by atoms with Crippen molar-refractivity contribution in [2.24, 2.45) is 0 Å². The molecule has 1 aromatic carbocycles. The highest BCUT2D eigenvalue weighted by atomic mass is 35.5. The summed E-state index contributed by atoms with van der Waals surface area (Å²) < 4.78 is 20.3. The molecule has 0 aliphatic heterocycles. The Hall–Kier alpha value is -2.73. The standard InChI is InChI=1S/C18H14ClFN2O3/c1-2-25-18(24)13-10-22(9-11-6-4-3-5-7-11)17-12(15(13)23)8-14(20)16(19)21-17/h3-8,10H,2,9H2,1H3. The van der Waals surface area contributed by atoms with Gasteiger partial charge >= 0.3 is 5.97 Å². The minimum Gasteiger partial charge on any atom is -0.462 e. The summed E-state index contributed by atoms with van der Waals surface area (Å²) in [6.45, 7) is 2.10. The quantitative estimate of drug-likeness (QED) is 0.528. The maximum Gasteiger partial charge on any atom is 0.343 e. The molecular weight excluding hydrogens is 347 g/mol. The fourth-order valence-electron chi connectivity index (χ4n) is 2.52. The third-order valence-electron chi connectivity index (χ3n) is 3.65. The third-order valence-corrected chi connectivity index (χ3v) is 3.92. The second kappa shape index (κ2) is 7.03. The van der Waals surface area contributed by atoms with Crippen LogP contribution in [-0.4, -0.2) is 22.1 Å². The molecular formula is C18H14ClFN2O3. The minimum atomic E-state index is -0.821. The fourth-order valence-corrected chi connectivity index (χ4v) is 2.65. The Bertz CT molecular complexity index is 1000. The van der Waals surface area contributed by atoms with Crippen LogP contribution in [0, 0.1) is 5.82 Å². The molecule has 0 aliphatic carbocycles. The Balaban J connectivity index is 2.25. The molecule has 2 aromatic heterocycles. The number of halogens is 2. The van der Waals surface area contributed by atoms with E-state index in [1.54, 1.807) is 11.5 Å². The first-order valence-corrected chi connectivity index (χ1v) is 7.99. The van der Waals surface area contributed by atoms with Gasteiger partial charge in [0.1, 0.15) is 11.2 Å². The largest absolute Gasteiger partial charge is 0.462 e. The zero-order valence-electron chi connectivity index (χ0n) is 13.3. The van der Waals surface area contributed by atoms with E-state index in [4.69, 9.17) is 16.3 Å². The maximum atomic E-state index is 13.8.